The van der Waals surface area contributed by atoms with Gasteiger partial charge in [-0.15, -0.1) is 0 Å². The normalized spacial score (nSPS) is 12.2. The van der Waals surface area contributed by atoms with Crippen molar-refractivity contribution in [1.82, 2.24) is 5.32 Å². The molecule has 0 bridgehead atoms. The van der Waals surface area contributed by atoms with Crippen molar-refractivity contribution in [3.05, 3.63) is 70.7 Å². The third kappa shape index (κ3) is 4.19. The Kier molecular flexibility index (Phi) is 6.17. The van der Waals surface area contributed by atoms with Crippen LogP contribution in [0.5, 0.6) is 5.75 Å². The summed E-state index contributed by atoms with van der Waals surface area (Å²) in [5.41, 5.74) is 2.41. The van der Waals surface area contributed by atoms with Gasteiger partial charge in [0.15, 0.2) is 0 Å². The van der Waals surface area contributed by atoms with Crippen molar-refractivity contribution in [3.8, 4) is 5.75 Å². The number of fused-ring (bicyclic) bond motifs is 1. The number of methoxy groups -OCH3 is 1. The molecule has 3 aromatic carbocycles. The number of anilines is 1. The van der Waals surface area contributed by atoms with Gasteiger partial charge in [-0.1, -0.05) is 52.3 Å². The van der Waals surface area contributed by atoms with Crippen molar-refractivity contribution in [2.45, 2.75) is 19.5 Å². The lowest BCUT2D eigenvalue weighted by Crippen LogP contribution is -2.37. The Morgan fingerprint density at radius 2 is 1.85 bits per heavy atom. The quantitative estimate of drug-likeness (QED) is 0.575. The molecule has 0 aliphatic rings. The van der Waals surface area contributed by atoms with Crippen LogP contribution < -0.4 is 15.0 Å². The van der Waals surface area contributed by atoms with Crippen LogP contribution in [0.2, 0.25) is 0 Å². The Morgan fingerprint density at radius 3 is 2.62 bits per heavy atom. The van der Waals surface area contributed by atoms with Crippen LogP contribution in [-0.2, 0) is 6.54 Å². The van der Waals surface area contributed by atoms with E-state index >= 15 is 0 Å². The van der Waals surface area contributed by atoms with E-state index in [-0.39, 0.29) is 0 Å². The molecule has 0 spiro atoms. The van der Waals surface area contributed by atoms with E-state index in [9.17, 15) is 0 Å². The van der Waals surface area contributed by atoms with Crippen LogP contribution in [0.1, 0.15) is 12.5 Å². The van der Waals surface area contributed by atoms with Crippen LogP contribution >= 0.6 is 15.9 Å². The van der Waals surface area contributed by atoms with Gasteiger partial charge in [0.05, 0.1) is 7.11 Å². The van der Waals surface area contributed by atoms with Crippen molar-refractivity contribution < 1.29 is 4.74 Å². The first-order valence-corrected chi connectivity index (χ1v) is 9.64. The molecule has 0 saturated heterocycles. The number of halogens is 1. The molecule has 0 radical (unpaired) electrons. The van der Waals surface area contributed by atoms with Gasteiger partial charge in [-0.25, -0.2) is 0 Å². The van der Waals surface area contributed by atoms with E-state index in [2.05, 4.69) is 81.6 Å². The SMILES string of the molecule is CNC(C)CN(Cc1cc(Br)ccc1OC)c1cccc2ccccc12. The maximum absolute atomic E-state index is 5.59. The topological polar surface area (TPSA) is 24.5 Å². The fourth-order valence-corrected chi connectivity index (χ4v) is 3.64. The van der Waals surface area contributed by atoms with E-state index in [1.54, 1.807) is 7.11 Å². The number of likely N-dealkylation sites (N-methyl/N-ethyl adjacent to an activating group) is 1. The summed E-state index contributed by atoms with van der Waals surface area (Å²) in [4.78, 5) is 2.42. The standard InChI is InChI=1S/C22H25BrN2O/c1-16(24-2)14-25(15-18-13-19(23)11-12-22(18)26-3)21-10-6-8-17-7-4-5-9-20(17)21/h4-13,16,24H,14-15H2,1-3H3. The summed E-state index contributed by atoms with van der Waals surface area (Å²) in [7, 11) is 3.73. The highest BCUT2D eigenvalue weighted by molar-refractivity contribution is 9.10. The summed E-state index contributed by atoms with van der Waals surface area (Å²) in [5.74, 6) is 0.913. The van der Waals surface area contributed by atoms with Gasteiger partial charge in [-0.3, -0.25) is 0 Å². The lowest BCUT2D eigenvalue weighted by atomic mass is 10.1. The Morgan fingerprint density at radius 1 is 1.08 bits per heavy atom. The predicted molar refractivity (Wildman–Crippen MR) is 114 cm³/mol. The van der Waals surface area contributed by atoms with E-state index < -0.39 is 0 Å². The fourth-order valence-electron chi connectivity index (χ4n) is 3.23. The molecule has 3 nitrogen and oxygen atoms in total. The maximum atomic E-state index is 5.59. The van der Waals surface area contributed by atoms with Crippen molar-refractivity contribution in [1.29, 1.82) is 0 Å². The summed E-state index contributed by atoms with van der Waals surface area (Å²) in [5, 5.41) is 5.89. The van der Waals surface area contributed by atoms with Gasteiger partial charge in [0, 0.05) is 40.2 Å². The van der Waals surface area contributed by atoms with Crippen LogP contribution in [-0.4, -0.2) is 26.7 Å². The zero-order valence-corrected chi connectivity index (χ0v) is 17.1. The number of rotatable bonds is 7. The second-order valence-electron chi connectivity index (χ2n) is 6.52. The molecular formula is C22H25BrN2O. The molecule has 0 fully saturated rings. The van der Waals surface area contributed by atoms with Gasteiger partial charge in [0.1, 0.15) is 5.75 Å². The van der Waals surface area contributed by atoms with Gasteiger partial charge in [0.25, 0.3) is 0 Å². The van der Waals surface area contributed by atoms with Gasteiger partial charge in [-0.05, 0) is 43.6 Å². The van der Waals surface area contributed by atoms with Crippen molar-refractivity contribution in [3.63, 3.8) is 0 Å². The molecule has 0 saturated carbocycles. The van der Waals surface area contributed by atoms with Crippen molar-refractivity contribution in [2.24, 2.45) is 0 Å². The number of nitrogens with one attached hydrogen (secondary N) is 1. The zero-order valence-electron chi connectivity index (χ0n) is 15.5. The Bertz CT molecular complexity index is 876. The molecule has 0 aliphatic heterocycles. The summed E-state index contributed by atoms with van der Waals surface area (Å²) >= 11 is 3.59. The summed E-state index contributed by atoms with van der Waals surface area (Å²) < 4.78 is 6.66. The van der Waals surface area contributed by atoms with E-state index in [1.165, 1.54) is 16.5 Å². The first kappa shape index (κ1) is 18.7. The molecule has 4 heteroatoms. The van der Waals surface area contributed by atoms with E-state index in [0.29, 0.717) is 6.04 Å². The zero-order chi connectivity index (χ0) is 18.5. The van der Waals surface area contributed by atoms with Gasteiger partial charge >= 0.3 is 0 Å². The first-order chi connectivity index (χ1) is 12.6. The number of benzene rings is 3. The predicted octanol–water partition coefficient (Wildman–Crippen LogP) is 5.23. The minimum Gasteiger partial charge on any atom is -0.496 e. The van der Waals surface area contributed by atoms with Crippen LogP contribution in [0.25, 0.3) is 10.8 Å². The highest BCUT2D eigenvalue weighted by Crippen LogP contribution is 2.31. The molecule has 0 heterocycles. The third-order valence-electron chi connectivity index (χ3n) is 4.70. The summed E-state index contributed by atoms with van der Waals surface area (Å²) in [6, 6.07) is 21.6. The highest BCUT2D eigenvalue weighted by atomic mass is 79.9. The van der Waals surface area contributed by atoms with Gasteiger partial charge in [-0.2, -0.15) is 0 Å². The van der Waals surface area contributed by atoms with Gasteiger partial charge < -0.3 is 15.0 Å². The first-order valence-electron chi connectivity index (χ1n) is 8.84. The van der Waals surface area contributed by atoms with E-state index in [1.807, 2.05) is 19.2 Å². The van der Waals surface area contributed by atoms with Crippen LogP contribution in [0.4, 0.5) is 5.69 Å². The number of hydrogen-bond donors (Lipinski definition) is 1. The number of ether oxygens (including phenoxy) is 1. The monoisotopic (exact) mass is 412 g/mol. The molecule has 1 unspecified atom stereocenters. The van der Waals surface area contributed by atoms with Crippen molar-refractivity contribution >= 4 is 32.4 Å². The Hall–Kier alpha value is -2.04. The lowest BCUT2D eigenvalue weighted by Gasteiger charge is -2.30. The average molecular weight is 413 g/mol. The summed E-state index contributed by atoms with van der Waals surface area (Å²) in [6.45, 7) is 3.89. The Balaban J connectivity index is 2.04. The molecule has 3 aromatic rings. The van der Waals surface area contributed by atoms with E-state index in [4.69, 9.17) is 4.74 Å². The van der Waals surface area contributed by atoms with Crippen LogP contribution in [0, 0.1) is 0 Å². The minimum absolute atomic E-state index is 0.368. The second kappa shape index (κ2) is 8.56. The van der Waals surface area contributed by atoms with Gasteiger partial charge in [0.2, 0.25) is 0 Å². The molecule has 0 amide bonds. The molecule has 1 atom stereocenters. The second-order valence-corrected chi connectivity index (χ2v) is 7.44. The Labute approximate surface area is 164 Å². The average Bonchev–Trinajstić information content (AvgIpc) is 2.67. The molecule has 0 aromatic heterocycles. The molecule has 0 aliphatic carbocycles. The number of hydrogen-bond acceptors (Lipinski definition) is 3. The lowest BCUT2D eigenvalue weighted by molar-refractivity contribution is 0.408. The highest BCUT2D eigenvalue weighted by Gasteiger charge is 2.16. The van der Waals surface area contributed by atoms with Crippen LogP contribution in [0.15, 0.2) is 65.1 Å². The molecule has 3 rings (SSSR count). The number of nitrogens with zero attached hydrogens (tertiary/aromatic N) is 1. The largest absolute Gasteiger partial charge is 0.496 e. The van der Waals surface area contributed by atoms with Crippen LogP contribution in [0.3, 0.4) is 0 Å². The molecular weight excluding hydrogens is 388 g/mol. The third-order valence-corrected chi connectivity index (χ3v) is 5.19. The van der Waals surface area contributed by atoms with E-state index in [0.717, 1.165) is 28.9 Å². The summed E-state index contributed by atoms with van der Waals surface area (Å²) in [6.07, 6.45) is 0. The van der Waals surface area contributed by atoms with Crippen molar-refractivity contribution in [2.75, 3.05) is 25.6 Å². The smallest absolute Gasteiger partial charge is 0.123 e. The maximum Gasteiger partial charge on any atom is 0.123 e. The minimum atomic E-state index is 0.368. The molecule has 136 valence electrons. The molecule has 1 N–H and O–H groups in total. The molecule has 26 heavy (non-hydrogen) atoms. The fraction of sp³-hybridized carbons (Fsp3) is 0.273.